The van der Waals surface area contributed by atoms with E-state index in [1.165, 1.54) is 0 Å². The summed E-state index contributed by atoms with van der Waals surface area (Å²) in [5, 5.41) is 0. The molecule has 0 amide bonds. The van der Waals surface area contributed by atoms with Crippen molar-refractivity contribution in [3.05, 3.63) is 42.3 Å². The molecule has 0 bridgehead atoms. The van der Waals surface area contributed by atoms with Crippen LogP contribution in [0.5, 0.6) is 0 Å². The van der Waals surface area contributed by atoms with Gasteiger partial charge in [-0.3, -0.25) is 0 Å². The summed E-state index contributed by atoms with van der Waals surface area (Å²) < 4.78 is 10.4. The lowest BCUT2D eigenvalue weighted by molar-refractivity contribution is 0.0473. The van der Waals surface area contributed by atoms with Crippen molar-refractivity contribution in [2.24, 2.45) is 17.8 Å². The summed E-state index contributed by atoms with van der Waals surface area (Å²) in [7, 11) is 0. The molecule has 1 aromatic rings. The van der Waals surface area contributed by atoms with Crippen LogP contribution in [-0.4, -0.2) is 25.2 Å². The normalized spacial score (nSPS) is 10.6. The fourth-order valence-corrected chi connectivity index (χ4v) is 1.68. The minimum absolute atomic E-state index is 0.361. The zero-order valence-corrected chi connectivity index (χ0v) is 17.9. The van der Waals surface area contributed by atoms with E-state index >= 15 is 0 Å². The van der Waals surface area contributed by atoms with Crippen molar-refractivity contribution < 1.29 is 19.1 Å². The van der Waals surface area contributed by atoms with Crippen LogP contribution in [0.4, 0.5) is 0 Å². The summed E-state index contributed by atoms with van der Waals surface area (Å²) in [4.78, 5) is 23.6. The van der Waals surface area contributed by atoms with E-state index in [1.54, 1.807) is 24.3 Å². The summed E-state index contributed by atoms with van der Waals surface area (Å²) in [6.07, 6.45) is 2.73. The molecular formula is C23H37O4. The maximum Gasteiger partial charge on any atom is 0.338 e. The molecule has 1 aromatic carbocycles. The predicted octanol–water partition coefficient (Wildman–Crippen LogP) is 5.96. The van der Waals surface area contributed by atoms with E-state index in [-0.39, 0.29) is 11.9 Å². The zero-order valence-electron chi connectivity index (χ0n) is 17.9. The Morgan fingerprint density at radius 3 is 1.26 bits per heavy atom. The van der Waals surface area contributed by atoms with E-state index in [1.807, 2.05) is 0 Å². The van der Waals surface area contributed by atoms with Gasteiger partial charge in [0.2, 0.25) is 0 Å². The summed E-state index contributed by atoms with van der Waals surface area (Å²) in [5.74, 6) is 1.04. The molecule has 0 aromatic heterocycles. The van der Waals surface area contributed by atoms with Crippen LogP contribution < -0.4 is 0 Å². The van der Waals surface area contributed by atoms with Crippen LogP contribution in [0.3, 0.4) is 0 Å². The maximum atomic E-state index is 11.8. The van der Waals surface area contributed by atoms with Crippen molar-refractivity contribution >= 4 is 11.9 Å². The number of ether oxygens (including phenoxy) is 2. The molecule has 4 heteroatoms. The molecule has 0 aliphatic rings. The molecule has 0 heterocycles. The van der Waals surface area contributed by atoms with Gasteiger partial charge in [-0.25, -0.2) is 9.59 Å². The number of esters is 2. The monoisotopic (exact) mass is 377 g/mol. The van der Waals surface area contributed by atoms with Gasteiger partial charge in [0, 0.05) is 0 Å². The van der Waals surface area contributed by atoms with Gasteiger partial charge in [-0.15, -0.1) is 0 Å². The number of hydrogen-bond acceptors (Lipinski definition) is 4. The van der Waals surface area contributed by atoms with Crippen LogP contribution in [0, 0.1) is 24.7 Å². The highest BCUT2D eigenvalue weighted by Gasteiger charge is 2.11. The van der Waals surface area contributed by atoms with Crippen LogP contribution in [0.15, 0.2) is 24.3 Å². The Hall–Kier alpha value is -1.84. The number of rotatable bonds is 9. The van der Waals surface area contributed by atoms with E-state index < -0.39 is 0 Å². The van der Waals surface area contributed by atoms with Gasteiger partial charge in [-0.05, 0) is 54.9 Å². The van der Waals surface area contributed by atoms with Crippen LogP contribution >= 0.6 is 0 Å². The molecular weight excluding hydrogens is 340 g/mol. The third-order valence-corrected chi connectivity index (χ3v) is 3.79. The van der Waals surface area contributed by atoms with E-state index in [9.17, 15) is 9.59 Å². The van der Waals surface area contributed by atoms with E-state index in [0.717, 1.165) is 25.2 Å². The second-order valence-electron chi connectivity index (χ2n) is 7.90. The van der Waals surface area contributed by atoms with Gasteiger partial charge < -0.3 is 9.47 Å². The van der Waals surface area contributed by atoms with Crippen LogP contribution in [0.2, 0.25) is 0 Å². The minimum atomic E-state index is -0.361. The largest absolute Gasteiger partial charge is 0.462 e. The number of carbonyl (C=O) groups is 2. The average Bonchev–Trinajstić information content (AvgIpc) is 2.61. The second kappa shape index (κ2) is 14.2. The quantitative estimate of drug-likeness (QED) is 0.498. The Morgan fingerprint density at radius 2 is 1.04 bits per heavy atom. The molecule has 1 radical (unpaired) electrons. The van der Waals surface area contributed by atoms with Gasteiger partial charge in [0.1, 0.15) is 0 Å². The highest BCUT2D eigenvalue weighted by atomic mass is 16.5. The standard InChI is InChI=1S/C18H26O4.C5H11/c1-13(2)9-11-21-17(19)15-5-7-16(8-6-15)18(20)22-12-10-14(3)4;1-4-5(2)3/h5-8,13-14H,9-12H2,1-4H3;5H,1,4H2,2-3H3. The summed E-state index contributed by atoms with van der Waals surface area (Å²) in [6, 6.07) is 6.38. The van der Waals surface area contributed by atoms with Crippen LogP contribution in [0.25, 0.3) is 0 Å². The first kappa shape index (κ1) is 25.2. The fourth-order valence-electron chi connectivity index (χ4n) is 1.68. The lowest BCUT2D eigenvalue weighted by Crippen LogP contribution is -2.10. The van der Waals surface area contributed by atoms with Crippen molar-refractivity contribution in [1.82, 2.24) is 0 Å². The first-order valence-electron chi connectivity index (χ1n) is 9.90. The Morgan fingerprint density at radius 1 is 0.741 bits per heavy atom. The lowest BCUT2D eigenvalue weighted by Gasteiger charge is -2.08. The molecule has 0 saturated carbocycles. The highest BCUT2D eigenvalue weighted by molar-refractivity contribution is 5.93. The molecule has 0 fully saturated rings. The SMILES string of the molecule is CC(C)CCOC(=O)c1ccc(C(=O)OCCC(C)C)cc1.[CH2]CC(C)C. The average molecular weight is 378 g/mol. The third-order valence-electron chi connectivity index (χ3n) is 3.79. The van der Waals surface area contributed by atoms with E-state index in [4.69, 9.17) is 9.47 Å². The molecule has 4 nitrogen and oxygen atoms in total. The molecule has 27 heavy (non-hydrogen) atoms. The predicted molar refractivity (Wildman–Crippen MR) is 111 cm³/mol. The van der Waals surface area contributed by atoms with Gasteiger partial charge in [-0.2, -0.15) is 0 Å². The summed E-state index contributed by atoms with van der Waals surface area (Å²) in [6.45, 7) is 17.1. The first-order chi connectivity index (χ1) is 12.7. The van der Waals surface area contributed by atoms with Crippen molar-refractivity contribution in [3.8, 4) is 0 Å². The van der Waals surface area contributed by atoms with E-state index in [2.05, 4.69) is 48.5 Å². The number of benzene rings is 1. The van der Waals surface area contributed by atoms with Crippen molar-refractivity contribution in [3.63, 3.8) is 0 Å². The molecule has 1 rings (SSSR count). The smallest absolute Gasteiger partial charge is 0.338 e. The minimum Gasteiger partial charge on any atom is -0.462 e. The van der Waals surface area contributed by atoms with Gasteiger partial charge in [0.05, 0.1) is 24.3 Å². The molecule has 153 valence electrons. The molecule has 0 unspecified atom stereocenters. The Kier molecular flexibility index (Phi) is 13.3. The fraction of sp³-hybridized carbons (Fsp3) is 0.609. The molecule has 0 atom stereocenters. The van der Waals surface area contributed by atoms with Gasteiger partial charge >= 0.3 is 11.9 Å². The second-order valence-corrected chi connectivity index (χ2v) is 7.90. The third kappa shape index (κ3) is 13.0. The number of carbonyl (C=O) groups excluding carboxylic acids is 2. The lowest BCUT2D eigenvalue weighted by atomic mass is 10.1. The molecule has 0 aliphatic carbocycles. The Bertz CT molecular complexity index is 485. The Balaban J connectivity index is 0.00000119. The molecule has 0 N–H and O–H groups in total. The maximum absolute atomic E-state index is 11.8. The Labute approximate surface area is 165 Å². The topological polar surface area (TPSA) is 52.6 Å². The van der Waals surface area contributed by atoms with Crippen LogP contribution in [0.1, 0.15) is 81.5 Å². The highest BCUT2D eigenvalue weighted by Crippen LogP contribution is 2.09. The first-order valence-corrected chi connectivity index (χ1v) is 9.90. The van der Waals surface area contributed by atoms with Crippen molar-refractivity contribution in [2.75, 3.05) is 13.2 Å². The summed E-state index contributed by atoms with van der Waals surface area (Å²) >= 11 is 0. The van der Waals surface area contributed by atoms with Gasteiger partial charge in [-0.1, -0.05) is 54.9 Å². The molecule has 0 spiro atoms. The van der Waals surface area contributed by atoms with Gasteiger partial charge in [0.15, 0.2) is 0 Å². The molecule has 0 saturated heterocycles. The number of hydrogen-bond donors (Lipinski definition) is 0. The van der Waals surface area contributed by atoms with Gasteiger partial charge in [0.25, 0.3) is 0 Å². The van der Waals surface area contributed by atoms with E-state index in [0.29, 0.717) is 36.2 Å². The molecule has 0 aliphatic heterocycles. The summed E-state index contributed by atoms with van der Waals surface area (Å²) in [5.41, 5.74) is 0.893. The van der Waals surface area contributed by atoms with Crippen LogP contribution in [-0.2, 0) is 9.47 Å². The van der Waals surface area contributed by atoms with Crippen molar-refractivity contribution in [1.29, 1.82) is 0 Å². The van der Waals surface area contributed by atoms with Crippen molar-refractivity contribution in [2.45, 2.75) is 60.8 Å². The zero-order chi connectivity index (χ0) is 20.8.